The van der Waals surface area contributed by atoms with Crippen LogP contribution in [0.3, 0.4) is 0 Å². The minimum Gasteiger partial charge on any atom is -0.232 e. The Bertz CT molecular complexity index is 10100. The van der Waals surface area contributed by atoms with Crippen LogP contribution in [0.25, 0.3) is 159 Å². The number of aryl methyl sites for hydroxylation is 14. The zero-order chi connectivity index (χ0) is 118. The molecule has 0 saturated carbocycles. The lowest BCUT2D eigenvalue weighted by molar-refractivity contribution is -0.644. The molecule has 0 N–H and O–H groups in total. The molecule has 141 heavy (non-hydrogen) atoms. The van der Waals surface area contributed by atoms with E-state index in [4.69, 9.17) is 28.8 Å². The molecule has 12 aromatic carbocycles. The molecule has 710 valence electrons. The predicted octanol–water partition coefficient (Wildman–Crippen LogP) is 29.3. The third-order valence-corrected chi connectivity index (χ3v) is 36.3. The summed E-state index contributed by atoms with van der Waals surface area (Å²) in [6, 6.07) is 73.8. The fraction of sp³-hybridized carbons (Fsp3) is 0.336. The van der Waals surface area contributed by atoms with Crippen molar-refractivity contribution in [3.05, 3.63) is 343 Å². The molecule has 22 aromatic rings. The molecule has 0 radical (unpaired) electrons. The molecule has 10 nitrogen and oxygen atoms in total. The first-order chi connectivity index (χ1) is 75.1. The molecular weight excluding hydrogens is 1710 g/mol. The molecular formula is C131H141N10+5. The highest BCUT2D eigenvalue weighted by Gasteiger charge is 2.58. The van der Waals surface area contributed by atoms with Gasteiger partial charge in [-0.1, -0.05) is 357 Å². The van der Waals surface area contributed by atoms with E-state index in [-0.39, 0.29) is 0 Å². The normalized spacial score (nSPS) is 23.4. The first-order valence-electron chi connectivity index (χ1n) is 60.2. The Hall–Kier alpha value is -13.3. The van der Waals surface area contributed by atoms with Crippen molar-refractivity contribution < 1.29 is 51.6 Å². The Kier molecular flexibility index (Phi) is 14.8. The van der Waals surface area contributed by atoms with E-state index in [1.54, 1.807) is 12.1 Å². The first-order valence-corrected chi connectivity index (χ1v) is 49.7. The molecule has 5 aliphatic rings. The summed E-state index contributed by atoms with van der Waals surface area (Å²) in [6.07, 6.45) is 5.87. The van der Waals surface area contributed by atoms with E-state index in [0.29, 0.717) is 33.3 Å². The topological polar surface area (TPSA) is 41.4 Å². The Morgan fingerprint density at radius 2 is 0.461 bits per heavy atom. The van der Waals surface area contributed by atoms with Crippen LogP contribution in [0.4, 0.5) is 0 Å². The highest BCUT2D eigenvalue weighted by atomic mass is 15.2. The highest BCUT2D eigenvalue weighted by Crippen LogP contribution is 2.60. The zero-order valence-corrected chi connectivity index (χ0v) is 86.5. The van der Waals surface area contributed by atoms with Gasteiger partial charge in [0.2, 0.25) is 0 Å². The molecule has 0 saturated heterocycles. The second kappa shape index (κ2) is 29.7. The fourth-order valence-electron chi connectivity index (χ4n) is 26.4. The van der Waals surface area contributed by atoms with E-state index in [2.05, 4.69) is 238 Å². The molecule has 0 fully saturated rings. The molecule has 5 atom stereocenters. The number of pyridine rings is 5. The van der Waals surface area contributed by atoms with Crippen molar-refractivity contribution in [1.82, 2.24) is 22.0 Å². The minimum atomic E-state index is -2.30. The molecule has 10 heteroatoms. The number of aromatic nitrogens is 10. The van der Waals surface area contributed by atoms with Gasteiger partial charge in [0.1, 0.15) is 46.2 Å². The van der Waals surface area contributed by atoms with E-state index < -0.39 is 102 Å². The van der Waals surface area contributed by atoms with E-state index >= 15 is 0 Å². The van der Waals surface area contributed by atoms with Gasteiger partial charge in [-0.15, -0.1) is 0 Å². The summed E-state index contributed by atoms with van der Waals surface area (Å²) in [6.45, 7) is 28.9. The number of hydrogen-bond acceptors (Lipinski definition) is 0. The number of fused-ring (bicyclic) bond motifs is 15. The van der Waals surface area contributed by atoms with E-state index in [1.165, 1.54) is 76.3 Å². The molecule has 0 amide bonds. The minimum absolute atomic E-state index is 0.296. The van der Waals surface area contributed by atoms with Crippen LogP contribution in [0.2, 0.25) is 0 Å². The highest BCUT2D eigenvalue weighted by molar-refractivity contribution is 6.20. The molecule has 5 unspecified atom stereocenters. The maximum atomic E-state index is 8.90. The van der Waals surface area contributed by atoms with Crippen molar-refractivity contribution in [3.63, 3.8) is 0 Å². The predicted molar refractivity (Wildman–Crippen MR) is 592 cm³/mol. The van der Waals surface area contributed by atoms with Gasteiger partial charge in [-0.2, -0.15) is 22.0 Å². The molecule has 0 bridgehead atoms. The van der Waals surface area contributed by atoms with Crippen LogP contribution < -0.4 is 22.8 Å². The lowest BCUT2D eigenvalue weighted by atomic mass is 9.60. The number of rotatable bonds is 2. The van der Waals surface area contributed by atoms with Crippen LogP contribution in [-0.2, 0) is 89.4 Å². The Balaban J connectivity index is 0.000000109. The van der Waals surface area contributed by atoms with Gasteiger partial charge in [0.05, 0.1) is 62.2 Å². The maximum absolute atomic E-state index is 8.90. The van der Waals surface area contributed by atoms with Crippen LogP contribution in [0, 0.1) is 62.2 Å². The smallest absolute Gasteiger partial charge is 0.232 e. The average Bonchev–Trinajstić information content (AvgIpc) is 1.51. The Labute approximate surface area is 861 Å². The van der Waals surface area contributed by atoms with Crippen molar-refractivity contribution in [2.45, 2.75) is 254 Å². The largest absolute Gasteiger partial charge is 0.295 e. The second-order valence-electron chi connectivity index (χ2n) is 45.4. The standard InChI is InChI=1S/C30H31N2.C29H29N2.3C24H27N2/c1-18-12-11-15-21-23-19(2)16-17-22-26(23)32-27(30(5,6)29(22,3)4)25(20-13-9-8-10-14-20)31(7)28(32)24(18)21;1-18-12-10-15-20-21-16-11-17-22-25(21)31-26(29(4,5)28(22,2)3)24(19-13-8-7-9-14-19)30(6)27(31)23(18)20;3*1-14-9-8-10-16-19-15(2)11-12-17-21(19)26-18(24(5,6)23(17,3)4)13-25(7)22(26)20(14)16/h8-17H,1-7H3;7-17H,1-6H3;3*8-13H,1-7H3/q5*+1/i5D3;4D3;2*2D3,5D3;5D3. The summed E-state index contributed by atoms with van der Waals surface area (Å²) >= 11 is 0. The summed E-state index contributed by atoms with van der Waals surface area (Å²) in [5.41, 5.74) is 22.6. The fourth-order valence-corrected chi connectivity index (χ4v) is 26.4. The van der Waals surface area contributed by atoms with Gasteiger partial charge < -0.3 is 0 Å². The van der Waals surface area contributed by atoms with Gasteiger partial charge in [-0.25, -0.2) is 22.8 Å². The Morgan fingerprint density at radius 3 is 0.780 bits per heavy atom. The van der Waals surface area contributed by atoms with Crippen LogP contribution >= 0.6 is 0 Å². The quantitative estimate of drug-likeness (QED) is 0.122. The third kappa shape index (κ3) is 11.4. The molecule has 27 rings (SSSR count). The summed E-state index contributed by atoms with van der Waals surface area (Å²) in [4.78, 5) is 0. The molecule has 15 heterocycles. The SMILES string of the molecule is [2H]C([2H])([2H])C1(C)c2c(-c3ccccc3)[n+](C)c3c4c(C)cccc4c4c(C)ccc(c4n23)C1(C)C.[2H]C([2H])([2H])C1(C)c2c(-c3ccccc3)[n+](C)c3c4c(C)cccc4c4cccc(c4n23)C1(C)C.[2H]C([2H])([2H])C1(C)c2c[n+](C)c3c4c(C)cccc4c4c(C)ccc(c4n23)C1(C)C.[2H]C([2H])([2H])c1ccc2c3c1c1cccc(C)c1c1n3c(c[n+]1C)C(C)(C([2H])([2H])[2H])C2(C)C.[2H]C([2H])([2H])c1ccc2c3c1c1cccc(C)c1c1n3c(c[n+]1C)C(C)(C([2H])([2H])[2H])C2(C)C. The third-order valence-electron chi connectivity index (χ3n) is 36.3. The van der Waals surface area contributed by atoms with Crippen molar-refractivity contribution in [1.29, 1.82) is 0 Å². The number of hydrogen-bond donors (Lipinski definition) is 0. The summed E-state index contributed by atoms with van der Waals surface area (Å²) in [7, 11) is 10.1. The van der Waals surface area contributed by atoms with Crippen LogP contribution in [0.15, 0.2) is 237 Å². The average molecular weight is 1880 g/mol. The zero-order valence-electron chi connectivity index (χ0n) is 107. The van der Waals surface area contributed by atoms with Gasteiger partial charge in [0.15, 0.2) is 39.9 Å². The summed E-state index contributed by atoms with van der Waals surface area (Å²) in [5, 5.41) is 15.9. The van der Waals surface area contributed by atoms with E-state index in [0.717, 1.165) is 156 Å². The molecule has 5 aliphatic heterocycles. The van der Waals surface area contributed by atoms with Crippen molar-refractivity contribution in [2.75, 3.05) is 0 Å². The molecule has 10 aromatic heterocycles. The molecule has 0 aliphatic carbocycles. The van der Waals surface area contributed by atoms with E-state index in [1.807, 2.05) is 219 Å². The van der Waals surface area contributed by atoms with Gasteiger partial charge in [-0.05, 0) is 112 Å². The van der Waals surface area contributed by atoms with Crippen LogP contribution in [-0.4, -0.2) is 22.0 Å². The van der Waals surface area contributed by atoms with Crippen LogP contribution in [0.1, 0.15) is 273 Å². The number of benzene rings is 12. The van der Waals surface area contributed by atoms with Gasteiger partial charge in [-0.3, -0.25) is 0 Å². The first kappa shape index (κ1) is 70.3. The van der Waals surface area contributed by atoms with Gasteiger partial charge in [0, 0.05) is 176 Å². The van der Waals surface area contributed by atoms with Crippen molar-refractivity contribution >= 4 is 137 Å². The van der Waals surface area contributed by atoms with Crippen molar-refractivity contribution in [3.8, 4) is 22.5 Å². The van der Waals surface area contributed by atoms with Gasteiger partial charge >= 0.3 is 0 Å². The monoisotopic (exact) mass is 1880 g/mol. The summed E-state index contributed by atoms with van der Waals surface area (Å²) in [5.74, 6) is 0. The maximum Gasteiger partial charge on any atom is 0.295 e. The lowest BCUT2D eigenvalue weighted by Gasteiger charge is -2.43. The number of para-hydroxylation sites is 1. The molecule has 0 spiro atoms. The number of nitrogens with zero attached hydrogens (tertiary/aromatic N) is 10. The lowest BCUT2D eigenvalue weighted by Crippen LogP contribution is -2.44. The Morgan fingerprint density at radius 1 is 0.213 bits per heavy atom. The second-order valence-corrected chi connectivity index (χ2v) is 45.4. The van der Waals surface area contributed by atoms with Gasteiger partial charge in [0.25, 0.3) is 28.2 Å². The summed E-state index contributed by atoms with van der Waals surface area (Å²) < 4.78 is 201. The van der Waals surface area contributed by atoms with Crippen LogP contribution in [0.5, 0.6) is 0 Å². The van der Waals surface area contributed by atoms with Crippen molar-refractivity contribution in [2.24, 2.45) is 35.2 Å². The van der Waals surface area contributed by atoms with E-state index in [9.17, 15) is 0 Å². The number of imidazole rings is 5.